The highest BCUT2D eigenvalue weighted by Crippen LogP contribution is 2.28. The highest BCUT2D eigenvalue weighted by atomic mass is 79.9. The number of aromatic nitrogens is 3. The summed E-state index contributed by atoms with van der Waals surface area (Å²) in [5.41, 5.74) is 8.38. The smallest absolute Gasteiger partial charge is 0.245 e. The lowest BCUT2D eigenvalue weighted by atomic mass is 9.95. The average Bonchev–Trinajstić information content (AvgIpc) is 2.94. The fraction of sp³-hybridized carbons (Fsp3) is 0.467. The van der Waals surface area contributed by atoms with Crippen molar-refractivity contribution in [2.24, 2.45) is 11.7 Å². The van der Waals surface area contributed by atoms with E-state index in [0.29, 0.717) is 5.92 Å². The van der Waals surface area contributed by atoms with E-state index in [4.69, 9.17) is 5.73 Å². The van der Waals surface area contributed by atoms with Gasteiger partial charge in [0.25, 0.3) is 0 Å². The summed E-state index contributed by atoms with van der Waals surface area (Å²) in [6.07, 6.45) is 1.08. The standard InChI is InChI=1S/C15H20BrN5/c1-9-6-7-21(8-13(9)17)15-18-14(19-20-15)11-4-3-5-12(16)10(11)2/h3-5,9,13H,6-8,17H2,1-2H3,(H,18,19,20). The molecule has 0 amide bonds. The van der Waals surface area contributed by atoms with Crippen molar-refractivity contribution in [3.05, 3.63) is 28.2 Å². The van der Waals surface area contributed by atoms with Crippen molar-refractivity contribution >= 4 is 21.9 Å². The van der Waals surface area contributed by atoms with Crippen LogP contribution in [-0.4, -0.2) is 34.3 Å². The number of nitrogens with two attached hydrogens (primary N) is 1. The summed E-state index contributed by atoms with van der Waals surface area (Å²) in [4.78, 5) is 6.81. The van der Waals surface area contributed by atoms with Gasteiger partial charge in [0.1, 0.15) is 0 Å². The summed E-state index contributed by atoms with van der Waals surface area (Å²) in [6, 6.07) is 6.27. The van der Waals surface area contributed by atoms with E-state index >= 15 is 0 Å². The van der Waals surface area contributed by atoms with Gasteiger partial charge in [-0.25, -0.2) is 0 Å². The number of nitrogens with zero attached hydrogens (tertiary/aromatic N) is 3. The fourth-order valence-corrected chi connectivity index (χ4v) is 3.03. The largest absolute Gasteiger partial charge is 0.338 e. The van der Waals surface area contributed by atoms with Crippen molar-refractivity contribution in [2.75, 3.05) is 18.0 Å². The topological polar surface area (TPSA) is 70.8 Å². The molecule has 2 aromatic rings. The van der Waals surface area contributed by atoms with Gasteiger partial charge in [0, 0.05) is 29.2 Å². The SMILES string of the molecule is Cc1c(Br)cccc1-c1nc(N2CCC(C)C(N)C2)n[nH]1. The number of nitrogens with one attached hydrogen (secondary N) is 1. The molecule has 5 nitrogen and oxygen atoms in total. The molecule has 6 heteroatoms. The van der Waals surface area contributed by atoms with E-state index in [1.165, 1.54) is 0 Å². The lowest BCUT2D eigenvalue weighted by Gasteiger charge is -2.34. The zero-order chi connectivity index (χ0) is 15.0. The molecule has 1 fully saturated rings. The van der Waals surface area contributed by atoms with E-state index in [1.807, 2.05) is 12.1 Å². The van der Waals surface area contributed by atoms with Crippen LogP contribution in [0.25, 0.3) is 11.4 Å². The monoisotopic (exact) mass is 349 g/mol. The third kappa shape index (κ3) is 2.82. The minimum Gasteiger partial charge on any atom is -0.338 e. The van der Waals surface area contributed by atoms with Crippen LogP contribution < -0.4 is 10.6 Å². The van der Waals surface area contributed by atoms with Crippen LogP contribution in [0.2, 0.25) is 0 Å². The summed E-state index contributed by atoms with van der Waals surface area (Å²) in [5.74, 6) is 2.11. The first-order chi connectivity index (χ1) is 10.1. The lowest BCUT2D eigenvalue weighted by molar-refractivity contribution is 0.376. The maximum Gasteiger partial charge on any atom is 0.245 e. The van der Waals surface area contributed by atoms with Crippen LogP contribution in [0, 0.1) is 12.8 Å². The molecule has 0 aliphatic carbocycles. The van der Waals surface area contributed by atoms with Crippen LogP contribution >= 0.6 is 15.9 Å². The third-order valence-electron chi connectivity index (χ3n) is 4.30. The Morgan fingerprint density at radius 3 is 3.00 bits per heavy atom. The molecule has 2 unspecified atom stereocenters. The molecule has 1 aliphatic rings. The summed E-state index contributed by atoms with van der Waals surface area (Å²) in [6.45, 7) is 6.05. The molecule has 3 N–H and O–H groups in total. The maximum atomic E-state index is 6.15. The normalized spacial score (nSPS) is 22.6. The van der Waals surface area contributed by atoms with Gasteiger partial charge in [-0.2, -0.15) is 4.98 Å². The molecule has 1 aromatic carbocycles. The molecule has 0 spiro atoms. The van der Waals surface area contributed by atoms with Crippen LogP contribution in [0.3, 0.4) is 0 Å². The molecule has 112 valence electrons. The van der Waals surface area contributed by atoms with Crippen LogP contribution in [-0.2, 0) is 0 Å². The number of rotatable bonds is 2. The minimum absolute atomic E-state index is 0.188. The summed E-state index contributed by atoms with van der Waals surface area (Å²) in [5, 5.41) is 7.41. The van der Waals surface area contributed by atoms with Gasteiger partial charge in [0.2, 0.25) is 5.95 Å². The first kappa shape index (κ1) is 14.5. The Hall–Kier alpha value is -1.40. The zero-order valence-corrected chi connectivity index (χ0v) is 13.9. The second kappa shape index (κ2) is 5.77. The first-order valence-corrected chi connectivity index (χ1v) is 8.04. The summed E-state index contributed by atoms with van der Waals surface area (Å²) in [7, 11) is 0. The number of anilines is 1. The van der Waals surface area contributed by atoms with Crippen molar-refractivity contribution in [3.8, 4) is 11.4 Å². The summed E-state index contributed by atoms with van der Waals surface area (Å²) >= 11 is 3.55. The van der Waals surface area contributed by atoms with E-state index in [0.717, 1.165) is 46.9 Å². The summed E-state index contributed by atoms with van der Waals surface area (Å²) < 4.78 is 1.08. The molecule has 1 aliphatic heterocycles. The average molecular weight is 350 g/mol. The zero-order valence-electron chi connectivity index (χ0n) is 12.3. The number of hydrogen-bond acceptors (Lipinski definition) is 4. The second-order valence-corrected chi connectivity index (χ2v) is 6.63. The van der Waals surface area contributed by atoms with Crippen molar-refractivity contribution in [1.29, 1.82) is 0 Å². The van der Waals surface area contributed by atoms with Gasteiger partial charge in [0.05, 0.1) is 0 Å². The molecular weight excluding hydrogens is 330 g/mol. The van der Waals surface area contributed by atoms with E-state index < -0.39 is 0 Å². The number of hydrogen-bond donors (Lipinski definition) is 2. The quantitative estimate of drug-likeness (QED) is 0.874. The molecule has 3 rings (SSSR count). The second-order valence-electron chi connectivity index (χ2n) is 5.77. The Morgan fingerprint density at radius 2 is 2.24 bits per heavy atom. The van der Waals surface area contributed by atoms with Gasteiger partial charge in [-0.3, -0.25) is 5.10 Å². The predicted molar refractivity (Wildman–Crippen MR) is 88.2 cm³/mol. The number of piperidine rings is 1. The molecule has 0 radical (unpaired) electrons. The highest BCUT2D eigenvalue weighted by molar-refractivity contribution is 9.10. The van der Waals surface area contributed by atoms with Gasteiger partial charge in [-0.1, -0.05) is 35.0 Å². The van der Waals surface area contributed by atoms with Crippen LogP contribution in [0.1, 0.15) is 18.9 Å². The Morgan fingerprint density at radius 1 is 1.43 bits per heavy atom. The van der Waals surface area contributed by atoms with Crippen LogP contribution in [0.5, 0.6) is 0 Å². The van der Waals surface area contributed by atoms with Gasteiger partial charge in [0.15, 0.2) is 5.82 Å². The van der Waals surface area contributed by atoms with E-state index in [9.17, 15) is 0 Å². The number of aromatic amines is 1. The number of H-pyrrole nitrogens is 1. The molecule has 0 bridgehead atoms. The lowest BCUT2D eigenvalue weighted by Crippen LogP contribution is -2.48. The van der Waals surface area contributed by atoms with Gasteiger partial charge in [-0.15, -0.1) is 5.10 Å². The van der Waals surface area contributed by atoms with Crippen LogP contribution in [0.4, 0.5) is 5.95 Å². The molecule has 0 saturated carbocycles. The van der Waals surface area contributed by atoms with E-state index in [2.05, 4.69) is 55.9 Å². The van der Waals surface area contributed by atoms with Crippen molar-refractivity contribution in [2.45, 2.75) is 26.3 Å². The van der Waals surface area contributed by atoms with Crippen LogP contribution in [0.15, 0.2) is 22.7 Å². The first-order valence-electron chi connectivity index (χ1n) is 7.24. The fourth-order valence-electron chi connectivity index (χ4n) is 2.66. The number of halogens is 1. The molecule has 1 aromatic heterocycles. The van der Waals surface area contributed by atoms with E-state index in [1.54, 1.807) is 0 Å². The molecule has 2 heterocycles. The Labute approximate surface area is 133 Å². The van der Waals surface area contributed by atoms with Gasteiger partial charge in [-0.05, 0) is 30.9 Å². The molecule has 21 heavy (non-hydrogen) atoms. The maximum absolute atomic E-state index is 6.15. The Balaban J connectivity index is 1.85. The Bertz CT molecular complexity index is 639. The van der Waals surface area contributed by atoms with E-state index in [-0.39, 0.29) is 6.04 Å². The molecule has 1 saturated heterocycles. The molecule has 2 atom stereocenters. The minimum atomic E-state index is 0.188. The van der Waals surface area contributed by atoms with Gasteiger partial charge >= 0.3 is 0 Å². The molecular formula is C15H20BrN5. The highest BCUT2D eigenvalue weighted by Gasteiger charge is 2.25. The van der Waals surface area contributed by atoms with Crippen molar-refractivity contribution < 1.29 is 0 Å². The van der Waals surface area contributed by atoms with Gasteiger partial charge < -0.3 is 10.6 Å². The van der Waals surface area contributed by atoms with Crippen molar-refractivity contribution in [1.82, 2.24) is 15.2 Å². The number of benzene rings is 1. The predicted octanol–water partition coefficient (Wildman–Crippen LogP) is 2.72. The Kier molecular flexibility index (Phi) is 3.99. The van der Waals surface area contributed by atoms with Crippen molar-refractivity contribution in [3.63, 3.8) is 0 Å². The third-order valence-corrected chi connectivity index (χ3v) is 5.15.